The van der Waals surface area contributed by atoms with Gasteiger partial charge in [0, 0.05) is 18.5 Å². The molecule has 1 atom stereocenters. The Labute approximate surface area is 97.7 Å². The van der Waals surface area contributed by atoms with Crippen LogP contribution in [0.2, 0.25) is 0 Å². The molecule has 0 bridgehead atoms. The molecule has 88 valence electrons. The van der Waals surface area contributed by atoms with Crippen molar-refractivity contribution in [2.75, 3.05) is 0 Å². The van der Waals surface area contributed by atoms with Gasteiger partial charge in [0.05, 0.1) is 6.10 Å². The van der Waals surface area contributed by atoms with Crippen LogP contribution < -0.4 is 0 Å². The summed E-state index contributed by atoms with van der Waals surface area (Å²) in [6.45, 7) is 0.705. The smallest absolute Gasteiger partial charge is 0.163 e. The molecule has 3 rings (SSSR count). The number of hydrogen-bond donors (Lipinski definition) is 1. The quantitative estimate of drug-likeness (QED) is 0.809. The Morgan fingerprint density at radius 1 is 1.24 bits per heavy atom. The Balaban J connectivity index is 2.02. The fourth-order valence-corrected chi connectivity index (χ4v) is 2.12. The number of fused-ring (bicyclic) bond motifs is 1. The van der Waals surface area contributed by atoms with Crippen LogP contribution in [0.15, 0.2) is 24.3 Å². The summed E-state index contributed by atoms with van der Waals surface area (Å²) in [5, 5.41) is 17.7. The first-order chi connectivity index (χ1) is 8.24. The van der Waals surface area contributed by atoms with Gasteiger partial charge in [-0.25, -0.2) is 4.39 Å². The lowest BCUT2D eigenvalue weighted by Crippen LogP contribution is -2.23. The molecule has 1 aliphatic rings. The first kappa shape index (κ1) is 10.4. The van der Waals surface area contributed by atoms with Crippen molar-refractivity contribution < 1.29 is 9.50 Å². The number of aliphatic hydroxyl groups is 1. The minimum Gasteiger partial charge on any atom is -0.393 e. The molecule has 4 nitrogen and oxygen atoms in total. The zero-order valence-corrected chi connectivity index (χ0v) is 9.17. The third kappa shape index (κ3) is 1.82. The van der Waals surface area contributed by atoms with E-state index < -0.39 is 0 Å². The van der Waals surface area contributed by atoms with Crippen LogP contribution in [0.5, 0.6) is 0 Å². The third-order valence-electron chi connectivity index (χ3n) is 3.03. The lowest BCUT2D eigenvalue weighted by atomic mass is 10.1. The molecule has 2 aromatic rings. The highest BCUT2D eigenvalue weighted by Crippen LogP contribution is 2.23. The van der Waals surface area contributed by atoms with Gasteiger partial charge in [-0.1, -0.05) is 0 Å². The minimum absolute atomic E-state index is 0.262. The Hall–Kier alpha value is -1.75. The molecule has 1 aromatic carbocycles. The zero-order chi connectivity index (χ0) is 11.8. The molecule has 1 unspecified atom stereocenters. The molecule has 17 heavy (non-hydrogen) atoms. The second kappa shape index (κ2) is 3.92. The van der Waals surface area contributed by atoms with E-state index in [9.17, 15) is 9.50 Å². The summed E-state index contributed by atoms with van der Waals surface area (Å²) >= 11 is 0. The maximum absolute atomic E-state index is 12.8. The first-order valence-corrected chi connectivity index (χ1v) is 5.60. The lowest BCUT2D eigenvalue weighted by Gasteiger charge is -2.19. The van der Waals surface area contributed by atoms with E-state index >= 15 is 0 Å². The number of halogens is 1. The van der Waals surface area contributed by atoms with Gasteiger partial charge in [-0.2, -0.15) is 0 Å². The van der Waals surface area contributed by atoms with Gasteiger partial charge < -0.3 is 9.67 Å². The minimum atomic E-state index is -0.326. The molecule has 1 aliphatic heterocycles. The highest BCUT2D eigenvalue weighted by atomic mass is 19.1. The van der Waals surface area contributed by atoms with Crippen LogP contribution in [0.25, 0.3) is 11.4 Å². The molecule has 1 aromatic heterocycles. The fraction of sp³-hybridized carbons (Fsp3) is 0.333. The van der Waals surface area contributed by atoms with Crippen LogP contribution >= 0.6 is 0 Å². The molecule has 0 radical (unpaired) electrons. The number of rotatable bonds is 1. The van der Waals surface area contributed by atoms with Crippen molar-refractivity contribution >= 4 is 0 Å². The number of aromatic nitrogens is 3. The van der Waals surface area contributed by atoms with E-state index in [2.05, 4.69) is 10.2 Å². The van der Waals surface area contributed by atoms with Crippen LogP contribution in [0, 0.1) is 5.82 Å². The van der Waals surface area contributed by atoms with Crippen molar-refractivity contribution in [2.24, 2.45) is 0 Å². The average molecular weight is 233 g/mol. The molecule has 0 aliphatic carbocycles. The van der Waals surface area contributed by atoms with Crippen LogP contribution in [0.4, 0.5) is 4.39 Å². The highest BCUT2D eigenvalue weighted by Gasteiger charge is 2.21. The molecule has 5 heteroatoms. The highest BCUT2D eigenvalue weighted by molar-refractivity contribution is 5.55. The van der Waals surface area contributed by atoms with E-state index in [1.54, 1.807) is 12.1 Å². The number of hydrogen-bond acceptors (Lipinski definition) is 3. The van der Waals surface area contributed by atoms with Gasteiger partial charge in [0.1, 0.15) is 11.6 Å². The largest absolute Gasteiger partial charge is 0.393 e. The monoisotopic (exact) mass is 233 g/mol. The van der Waals surface area contributed by atoms with E-state index in [4.69, 9.17) is 0 Å². The summed E-state index contributed by atoms with van der Waals surface area (Å²) < 4.78 is 14.8. The Morgan fingerprint density at radius 3 is 2.76 bits per heavy atom. The van der Waals surface area contributed by atoms with Gasteiger partial charge in [0.15, 0.2) is 5.82 Å². The van der Waals surface area contributed by atoms with Crippen molar-refractivity contribution in [2.45, 2.75) is 25.5 Å². The van der Waals surface area contributed by atoms with Gasteiger partial charge in [0.2, 0.25) is 0 Å². The van der Waals surface area contributed by atoms with Crippen LogP contribution in [0.1, 0.15) is 12.2 Å². The lowest BCUT2D eigenvalue weighted by molar-refractivity contribution is 0.142. The molecule has 0 saturated heterocycles. The van der Waals surface area contributed by atoms with Crippen molar-refractivity contribution in [1.29, 1.82) is 0 Å². The summed E-state index contributed by atoms with van der Waals surface area (Å²) in [7, 11) is 0. The molecule has 1 N–H and O–H groups in total. The maximum atomic E-state index is 12.8. The number of aliphatic hydroxyl groups excluding tert-OH is 1. The van der Waals surface area contributed by atoms with E-state index in [-0.39, 0.29) is 11.9 Å². The summed E-state index contributed by atoms with van der Waals surface area (Å²) in [6, 6.07) is 6.21. The van der Waals surface area contributed by atoms with Gasteiger partial charge in [-0.3, -0.25) is 0 Å². The van der Waals surface area contributed by atoms with Crippen molar-refractivity contribution in [3.05, 3.63) is 35.9 Å². The summed E-state index contributed by atoms with van der Waals surface area (Å²) in [4.78, 5) is 0. The van der Waals surface area contributed by atoms with Crippen LogP contribution in [0.3, 0.4) is 0 Å². The summed E-state index contributed by atoms with van der Waals surface area (Å²) in [6.07, 6.45) is 0.917. The van der Waals surface area contributed by atoms with Crippen LogP contribution in [-0.4, -0.2) is 26.0 Å². The van der Waals surface area contributed by atoms with Gasteiger partial charge in [0.25, 0.3) is 0 Å². The van der Waals surface area contributed by atoms with Gasteiger partial charge in [-0.05, 0) is 30.7 Å². The molecule has 0 saturated carbocycles. The Morgan fingerprint density at radius 2 is 2.00 bits per heavy atom. The topological polar surface area (TPSA) is 50.9 Å². The first-order valence-electron chi connectivity index (χ1n) is 5.60. The van der Waals surface area contributed by atoms with Crippen molar-refractivity contribution in [3.8, 4) is 11.4 Å². The normalized spacial score (nSPS) is 19.1. The molecule has 0 fully saturated rings. The van der Waals surface area contributed by atoms with Gasteiger partial charge >= 0.3 is 0 Å². The van der Waals surface area contributed by atoms with E-state index in [0.29, 0.717) is 19.4 Å². The third-order valence-corrected chi connectivity index (χ3v) is 3.03. The molecular weight excluding hydrogens is 221 g/mol. The second-order valence-electron chi connectivity index (χ2n) is 4.24. The standard InChI is InChI=1S/C12H12FN3O/c13-9-3-1-8(2-4-9)12-15-14-11-7-10(17)5-6-16(11)12/h1-4,10,17H,5-7H2. The van der Waals surface area contributed by atoms with E-state index in [0.717, 1.165) is 17.2 Å². The maximum Gasteiger partial charge on any atom is 0.163 e. The van der Waals surface area contributed by atoms with Crippen LogP contribution in [-0.2, 0) is 13.0 Å². The molecular formula is C12H12FN3O. The molecule has 0 amide bonds. The average Bonchev–Trinajstić information content (AvgIpc) is 2.73. The molecule has 0 spiro atoms. The second-order valence-corrected chi connectivity index (χ2v) is 4.24. The van der Waals surface area contributed by atoms with E-state index in [1.807, 2.05) is 4.57 Å². The molecule has 2 heterocycles. The predicted octanol–water partition coefficient (Wildman–Crippen LogP) is 1.39. The van der Waals surface area contributed by atoms with E-state index in [1.165, 1.54) is 12.1 Å². The Bertz CT molecular complexity index is 535. The van der Waals surface area contributed by atoms with Crippen molar-refractivity contribution in [1.82, 2.24) is 14.8 Å². The summed E-state index contributed by atoms with van der Waals surface area (Å²) in [5.74, 6) is 1.28. The Kier molecular flexibility index (Phi) is 2.40. The number of benzene rings is 1. The zero-order valence-electron chi connectivity index (χ0n) is 9.17. The van der Waals surface area contributed by atoms with Crippen molar-refractivity contribution in [3.63, 3.8) is 0 Å². The number of nitrogens with zero attached hydrogens (tertiary/aromatic N) is 3. The fourth-order valence-electron chi connectivity index (χ4n) is 2.12. The summed E-state index contributed by atoms with van der Waals surface area (Å²) in [5.41, 5.74) is 0.849. The van der Waals surface area contributed by atoms with Gasteiger partial charge in [-0.15, -0.1) is 10.2 Å². The predicted molar refractivity (Wildman–Crippen MR) is 59.7 cm³/mol. The SMILES string of the molecule is OC1CCn2c(nnc2-c2ccc(F)cc2)C1.